The van der Waals surface area contributed by atoms with Gasteiger partial charge in [-0.3, -0.25) is 4.79 Å². The fraction of sp³-hybridized carbons (Fsp3) is 0.800. The lowest BCUT2D eigenvalue weighted by molar-refractivity contribution is -0.118. The highest BCUT2D eigenvalue weighted by atomic mass is 16.3. The van der Waals surface area contributed by atoms with Crippen molar-refractivity contribution in [1.82, 2.24) is 0 Å². The Balaban J connectivity index is 2.63. The van der Waals surface area contributed by atoms with Gasteiger partial charge in [-0.15, -0.1) is 0 Å². The molecule has 1 unspecified atom stereocenters. The largest absolute Gasteiger partial charge is 0.396 e. The van der Waals surface area contributed by atoms with Crippen LogP contribution in [0.1, 0.15) is 59.3 Å². The molecule has 1 N–H and O–H groups in total. The number of hydrogen-bond acceptors (Lipinski definition) is 2. The SMILES string of the molecule is CCCCCC(C)(CO)[C@@H]1CC=C(C)C(=O)C1. The third-order valence-electron chi connectivity index (χ3n) is 4.28. The van der Waals surface area contributed by atoms with E-state index in [-0.39, 0.29) is 17.8 Å². The van der Waals surface area contributed by atoms with Crippen LogP contribution in [0.25, 0.3) is 0 Å². The van der Waals surface area contributed by atoms with Crippen LogP contribution in [0, 0.1) is 11.3 Å². The van der Waals surface area contributed by atoms with Crippen LogP contribution in [0.2, 0.25) is 0 Å². The molecule has 0 aromatic heterocycles. The maximum atomic E-state index is 11.7. The first-order valence-electron chi connectivity index (χ1n) is 6.84. The fourth-order valence-electron chi connectivity index (χ4n) is 2.62. The molecule has 0 fully saturated rings. The molecule has 0 aliphatic heterocycles. The van der Waals surface area contributed by atoms with E-state index in [2.05, 4.69) is 13.8 Å². The first-order valence-corrected chi connectivity index (χ1v) is 6.84. The van der Waals surface area contributed by atoms with Crippen molar-refractivity contribution in [1.29, 1.82) is 0 Å². The molecule has 0 aromatic carbocycles. The van der Waals surface area contributed by atoms with Gasteiger partial charge in [0.15, 0.2) is 5.78 Å². The topological polar surface area (TPSA) is 37.3 Å². The van der Waals surface area contributed by atoms with Crippen molar-refractivity contribution < 1.29 is 9.90 Å². The van der Waals surface area contributed by atoms with E-state index in [1.54, 1.807) is 0 Å². The zero-order chi connectivity index (χ0) is 12.9. The molecule has 98 valence electrons. The van der Waals surface area contributed by atoms with E-state index in [9.17, 15) is 9.90 Å². The van der Waals surface area contributed by atoms with Crippen LogP contribution in [0.5, 0.6) is 0 Å². The first kappa shape index (κ1) is 14.4. The summed E-state index contributed by atoms with van der Waals surface area (Å²) >= 11 is 0. The summed E-state index contributed by atoms with van der Waals surface area (Å²) in [5, 5.41) is 9.66. The number of hydrogen-bond donors (Lipinski definition) is 1. The van der Waals surface area contributed by atoms with Crippen LogP contribution < -0.4 is 0 Å². The summed E-state index contributed by atoms with van der Waals surface area (Å²) in [7, 11) is 0. The van der Waals surface area contributed by atoms with E-state index < -0.39 is 0 Å². The Morgan fingerprint density at radius 2 is 2.18 bits per heavy atom. The molecule has 1 aliphatic rings. The second-order valence-corrected chi connectivity index (χ2v) is 5.72. The number of aliphatic hydroxyl groups excluding tert-OH is 1. The summed E-state index contributed by atoms with van der Waals surface area (Å²) in [6, 6.07) is 0. The van der Waals surface area contributed by atoms with Crippen molar-refractivity contribution in [2.45, 2.75) is 59.3 Å². The molecule has 0 aromatic rings. The molecule has 2 heteroatoms. The van der Waals surface area contributed by atoms with Gasteiger partial charge in [-0.05, 0) is 36.7 Å². The van der Waals surface area contributed by atoms with E-state index in [0.717, 1.165) is 24.8 Å². The summed E-state index contributed by atoms with van der Waals surface area (Å²) in [6.45, 7) is 6.41. The molecule has 2 atom stereocenters. The van der Waals surface area contributed by atoms with Crippen molar-refractivity contribution in [2.24, 2.45) is 11.3 Å². The minimum absolute atomic E-state index is 0.0813. The fourth-order valence-corrected chi connectivity index (χ4v) is 2.62. The van der Waals surface area contributed by atoms with E-state index in [0.29, 0.717) is 12.3 Å². The van der Waals surface area contributed by atoms with Gasteiger partial charge >= 0.3 is 0 Å². The van der Waals surface area contributed by atoms with Gasteiger partial charge in [-0.2, -0.15) is 0 Å². The van der Waals surface area contributed by atoms with Crippen LogP contribution in [-0.4, -0.2) is 17.5 Å². The quantitative estimate of drug-likeness (QED) is 0.719. The van der Waals surface area contributed by atoms with Gasteiger partial charge in [0, 0.05) is 13.0 Å². The number of rotatable bonds is 6. The number of carbonyl (C=O) groups is 1. The monoisotopic (exact) mass is 238 g/mol. The van der Waals surface area contributed by atoms with Gasteiger partial charge in [0.2, 0.25) is 0 Å². The molecular weight excluding hydrogens is 212 g/mol. The Morgan fingerprint density at radius 1 is 1.47 bits per heavy atom. The Hall–Kier alpha value is -0.630. The molecule has 17 heavy (non-hydrogen) atoms. The average Bonchev–Trinajstić information content (AvgIpc) is 2.32. The minimum Gasteiger partial charge on any atom is -0.396 e. The highest BCUT2D eigenvalue weighted by molar-refractivity contribution is 5.95. The predicted octanol–water partition coefficient (Wildman–Crippen LogP) is 3.49. The zero-order valence-corrected chi connectivity index (χ0v) is 11.5. The van der Waals surface area contributed by atoms with Crippen molar-refractivity contribution in [2.75, 3.05) is 6.61 Å². The molecule has 0 saturated carbocycles. The highest BCUT2D eigenvalue weighted by Crippen LogP contribution is 2.40. The van der Waals surface area contributed by atoms with E-state index in [4.69, 9.17) is 0 Å². The molecule has 0 spiro atoms. The van der Waals surface area contributed by atoms with Crippen molar-refractivity contribution in [3.63, 3.8) is 0 Å². The number of aliphatic hydroxyl groups is 1. The summed E-state index contributed by atoms with van der Waals surface area (Å²) in [5.41, 5.74) is 0.817. The van der Waals surface area contributed by atoms with Gasteiger partial charge in [-0.1, -0.05) is 39.2 Å². The maximum Gasteiger partial charge on any atom is 0.158 e. The molecule has 0 bridgehead atoms. The molecule has 1 aliphatic carbocycles. The molecule has 0 radical (unpaired) electrons. The molecule has 0 saturated heterocycles. The maximum absolute atomic E-state index is 11.7. The lowest BCUT2D eigenvalue weighted by Crippen LogP contribution is -2.34. The Morgan fingerprint density at radius 3 is 2.71 bits per heavy atom. The number of allylic oxidation sites excluding steroid dienone is 2. The Labute approximate surface area is 105 Å². The van der Waals surface area contributed by atoms with Crippen LogP contribution >= 0.6 is 0 Å². The lowest BCUT2D eigenvalue weighted by atomic mass is 9.68. The number of Topliss-reactive ketones (excluding diaryl/α,β-unsaturated/α-hetero) is 1. The molecule has 0 heterocycles. The van der Waals surface area contributed by atoms with Gasteiger partial charge in [0.1, 0.15) is 0 Å². The van der Waals surface area contributed by atoms with E-state index in [1.807, 2.05) is 13.0 Å². The van der Waals surface area contributed by atoms with Gasteiger partial charge < -0.3 is 5.11 Å². The van der Waals surface area contributed by atoms with E-state index in [1.165, 1.54) is 12.8 Å². The highest BCUT2D eigenvalue weighted by Gasteiger charge is 2.35. The normalized spacial score (nSPS) is 24.4. The van der Waals surface area contributed by atoms with Crippen LogP contribution in [0.4, 0.5) is 0 Å². The second kappa shape index (κ2) is 6.34. The average molecular weight is 238 g/mol. The predicted molar refractivity (Wildman–Crippen MR) is 70.8 cm³/mol. The van der Waals surface area contributed by atoms with Gasteiger partial charge in [0.25, 0.3) is 0 Å². The Kier molecular flexibility index (Phi) is 5.38. The lowest BCUT2D eigenvalue weighted by Gasteiger charge is -2.37. The first-order chi connectivity index (χ1) is 8.03. The number of unbranched alkanes of at least 4 members (excludes halogenated alkanes) is 2. The van der Waals surface area contributed by atoms with Gasteiger partial charge in [-0.25, -0.2) is 0 Å². The summed E-state index contributed by atoms with van der Waals surface area (Å²) in [4.78, 5) is 11.7. The number of carbonyl (C=O) groups excluding carboxylic acids is 1. The van der Waals surface area contributed by atoms with Crippen molar-refractivity contribution in [3.05, 3.63) is 11.6 Å². The van der Waals surface area contributed by atoms with E-state index >= 15 is 0 Å². The molecule has 0 amide bonds. The van der Waals surface area contributed by atoms with Crippen molar-refractivity contribution in [3.8, 4) is 0 Å². The Bertz CT molecular complexity index is 293. The second-order valence-electron chi connectivity index (χ2n) is 5.72. The third kappa shape index (κ3) is 3.67. The zero-order valence-electron chi connectivity index (χ0n) is 11.5. The summed E-state index contributed by atoms with van der Waals surface area (Å²) in [6.07, 6.45) is 8.20. The smallest absolute Gasteiger partial charge is 0.158 e. The summed E-state index contributed by atoms with van der Waals surface area (Å²) in [5.74, 6) is 0.581. The van der Waals surface area contributed by atoms with Crippen LogP contribution in [0.15, 0.2) is 11.6 Å². The van der Waals surface area contributed by atoms with Crippen LogP contribution in [-0.2, 0) is 4.79 Å². The third-order valence-corrected chi connectivity index (χ3v) is 4.28. The molecular formula is C15H26O2. The van der Waals surface area contributed by atoms with Gasteiger partial charge in [0.05, 0.1) is 0 Å². The summed E-state index contributed by atoms with van der Waals surface area (Å²) < 4.78 is 0. The molecule has 1 rings (SSSR count). The molecule has 2 nitrogen and oxygen atoms in total. The minimum atomic E-state index is -0.0813. The van der Waals surface area contributed by atoms with Crippen LogP contribution in [0.3, 0.4) is 0 Å². The van der Waals surface area contributed by atoms with Crippen molar-refractivity contribution >= 4 is 5.78 Å². The number of ketones is 1. The standard InChI is InChI=1S/C15H26O2/c1-4-5-6-9-15(3,11-16)13-8-7-12(2)14(17)10-13/h7,13,16H,4-6,8-11H2,1-3H3/t13-,15?/m1/s1.